The number of aryl methyl sites for hydroxylation is 1. The largest absolute Gasteiger partial charge is 0.322 e. The maximum absolute atomic E-state index is 12.7. The fourth-order valence-electron chi connectivity index (χ4n) is 2.59. The van der Waals surface area contributed by atoms with Gasteiger partial charge in [-0.3, -0.25) is 9.59 Å². The third-order valence-corrected chi connectivity index (χ3v) is 6.99. The SMILES string of the molecule is Cc1cc(NC(=O)c2cc(Br)cc(Br)c2I)ccc1NC(=O)c1ccccc1. The van der Waals surface area contributed by atoms with Crippen LogP contribution >= 0.6 is 54.5 Å². The Hall–Kier alpha value is -1.71. The van der Waals surface area contributed by atoms with Crippen molar-refractivity contribution in [3.8, 4) is 0 Å². The number of rotatable bonds is 4. The zero-order valence-corrected chi connectivity index (χ0v) is 20.1. The van der Waals surface area contributed by atoms with E-state index in [2.05, 4.69) is 65.1 Å². The predicted molar refractivity (Wildman–Crippen MR) is 128 cm³/mol. The topological polar surface area (TPSA) is 58.2 Å². The average Bonchev–Trinajstić information content (AvgIpc) is 2.67. The molecule has 3 aromatic carbocycles. The molecule has 0 radical (unpaired) electrons. The third kappa shape index (κ3) is 5.01. The van der Waals surface area contributed by atoms with Crippen LogP contribution in [0.15, 0.2) is 69.6 Å². The highest BCUT2D eigenvalue weighted by atomic mass is 127. The van der Waals surface area contributed by atoms with Crippen molar-refractivity contribution in [3.05, 3.63) is 89.9 Å². The van der Waals surface area contributed by atoms with Crippen LogP contribution in [0.25, 0.3) is 0 Å². The molecule has 0 aliphatic carbocycles. The van der Waals surface area contributed by atoms with Crippen molar-refractivity contribution in [2.24, 2.45) is 0 Å². The van der Waals surface area contributed by atoms with Crippen LogP contribution in [0.4, 0.5) is 11.4 Å². The summed E-state index contributed by atoms with van der Waals surface area (Å²) in [7, 11) is 0. The van der Waals surface area contributed by atoms with Gasteiger partial charge >= 0.3 is 0 Å². The van der Waals surface area contributed by atoms with Gasteiger partial charge in [0.05, 0.1) is 5.56 Å². The van der Waals surface area contributed by atoms with Gasteiger partial charge in [0.2, 0.25) is 0 Å². The molecule has 7 heteroatoms. The molecule has 142 valence electrons. The van der Waals surface area contributed by atoms with E-state index in [9.17, 15) is 9.59 Å². The smallest absolute Gasteiger partial charge is 0.256 e. The van der Waals surface area contributed by atoms with Gasteiger partial charge in [-0.05, 0) is 93.5 Å². The molecule has 0 spiro atoms. The van der Waals surface area contributed by atoms with E-state index >= 15 is 0 Å². The Bertz CT molecular complexity index is 1060. The molecule has 0 unspecified atom stereocenters. The monoisotopic (exact) mass is 612 g/mol. The molecule has 4 nitrogen and oxygen atoms in total. The lowest BCUT2D eigenvalue weighted by Gasteiger charge is -2.12. The molecule has 2 amide bonds. The van der Waals surface area contributed by atoms with E-state index in [0.717, 1.165) is 18.1 Å². The summed E-state index contributed by atoms with van der Waals surface area (Å²) in [5.74, 6) is -0.374. The van der Waals surface area contributed by atoms with Crippen molar-refractivity contribution in [2.45, 2.75) is 6.92 Å². The molecule has 0 aliphatic heterocycles. The highest BCUT2D eigenvalue weighted by Gasteiger charge is 2.15. The fraction of sp³-hybridized carbons (Fsp3) is 0.0476. The molecule has 0 aromatic heterocycles. The number of anilines is 2. The number of hydrogen-bond acceptors (Lipinski definition) is 2. The maximum Gasteiger partial charge on any atom is 0.256 e. The Kier molecular flexibility index (Phi) is 6.90. The van der Waals surface area contributed by atoms with E-state index in [4.69, 9.17) is 0 Å². The maximum atomic E-state index is 12.7. The van der Waals surface area contributed by atoms with E-state index in [-0.39, 0.29) is 11.8 Å². The van der Waals surface area contributed by atoms with Gasteiger partial charge in [0.15, 0.2) is 0 Å². The van der Waals surface area contributed by atoms with Crippen molar-refractivity contribution in [2.75, 3.05) is 10.6 Å². The molecular weight excluding hydrogens is 599 g/mol. The van der Waals surface area contributed by atoms with Crippen LogP contribution in [0.1, 0.15) is 26.3 Å². The highest BCUT2D eigenvalue weighted by Crippen LogP contribution is 2.28. The second kappa shape index (κ2) is 9.19. The minimum Gasteiger partial charge on any atom is -0.322 e. The first kappa shape index (κ1) is 21.0. The summed E-state index contributed by atoms with van der Waals surface area (Å²) < 4.78 is 2.50. The number of carbonyl (C=O) groups excluding carboxylic acids is 2. The van der Waals surface area contributed by atoms with Crippen LogP contribution in [-0.2, 0) is 0 Å². The Labute approximate surface area is 193 Å². The molecule has 2 N–H and O–H groups in total. The Morgan fingerprint density at radius 3 is 2.29 bits per heavy atom. The van der Waals surface area contributed by atoms with E-state index in [0.29, 0.717) is 22.5 Å². The van der Waals surface area contributed by atoms with E-state index < -0.39 is 0 Å². The van der Waals surface area contributed by atoms with Crippen LogP contribution in [0, 0.1) is 10.5 Å². The van der Waals surface area contributed by atoms with Crippen LogP contribution in [0.5, 0.6) is 0 Å². The van der Waals surface area contributed by atoms with Gasteiger partial charge in [-0.15, -0.1) is 0 Å². The molecule has 0 fully saturated rings. The highest BCUT2D eigenvalue weighted by molar-refractivity contribution is 14.1. The van der Waals surface area contributed by atoms with Gasteiger partial charge in [-0.2, -0.15) is 0 Å². The minimum atomic E-state index is -0.202. The number of nitrogens with one attached hydrogen (secondary N) is 2. The van der Waals surface area contributed by atoms with Crippen LogP contribution < -0.4 is 10.6 Å². The second-order valence-corrected chi connectivity index (χ2v) is 8.90. The molecule has 0 bridgehead atoms. The summed E-state index contributed by atoms with van der Waals surface area (Å²) in [5, 5.41) is 5.81. The van der Waals surface area contributed by atoms with Gasteiger partial charge in [-0.25, -0.2) is 0 Å². The molecular formula is C21H15Br2IN2O2. The lowest BCUT2D eigenvalue weighted by molar-refractivity contribution is 0.101. The second-order valence-electron chi connectivity index (χ2n) is 6.05. The summed E-state index contributed by atoms with van der Waals surface area (Å²) in [6, 6.07) is 18.1. The summed E-state index contributed by atoms with van der Waals surface area (Å²) in [6.45, 7) is 1.88. The number of halogens is 3. The predicted octanol–water partition coefficient (Wildman–Crippen LogP) is 6.63. The first-order valence-corrected chi connectivity index (χ1v) is 10.9. The van der Waals surface area contributed by atoms with Gasteiger partial charge in [-0.1, -0.05) is 34.1 Å². The van der Waals surface area contributed by atoms with Crippen molar-refractivity contribution in [3.63, 3.8) is 0 Å². The normalized spacial score (nSPS) is 10.4. The number of benzene rings is 3. The van der Waals surface area contributed by atoms with Gasteiger partial charge in [0, 0.05) is 29.5 Å². The summed E-state index contributed by atoms with van der Waals surface area (Å²) >= 11 is 9.00. The molecule has 0 atom stereocenters. The Morgan fingerprint density at radius 1 is 0.893 bits per heavy atom. The van der Waals surface area contributed by atoms with Crippen molar-refractivity contribution < 1.29 is 9.59 Å². The first-order chi connectivity index (χ1) is 13.3. The lowest BCUT2D eigenvalue weighted by Crippen LogP contribution is -2.15. The minimum absolute atomic E-state index is 0.172. The molecule has 3 aromatic rings. The van der Waals surface area contributed by atoms with E-state index in [1.807, 2.05) is 37.3 Å². The molecule has 28 heavy (non-hydrogen) atoms. The summed E-state index contributed by atoms with van der Waals surface area (Å²) in [6.07, 6.45) is 0. The fourth-order valence-corrected chi connectivity index (χ4v) is 4.37. The first-order valence-electron chi connectivity index (χ1n) is 8.28. The molecule has 0 saturated carbocycles. The number of amides is 2. The molecule has 0 heterocycles. The van der Waals surface area contributed by atoms with Gasteiger partial charge in [0.25, 0.3) is 11.8 Å². The lowest BCUT2D eigenvalue weighted by atomic mass is 10.1. The summed E-state index contributed by atoms with van der Waals surface area (Å²) in [4.78, 5) is 25.0. The Morgan fingerprint density at radius 2 is 1.61 bits per heavy atom. The van der Waals surface area contributed by atoms with Crippen LogP contribution in [0.3, 0.4) is 0 Å². The number of hydrogen-bond donors (Lipinski definition) is 2. The third-order valence-electron chi connectivity index (χ3n) is 4.01. The standard InChI is InChI=1S/C21H15Br2IN2O2/c1-12-9-15(25-21(28)16-10-14(22)11-17(23)19(16)24)7-8-18(12)26-20(27)13-5-3-2-4-6-13/h2-11H,1H3,(H,25,28)(H,26,27). The van der Waals surface area contributed by atoms with E-state index in [1.54, 1.807) is 30.3 Å². The Balaban J connectivity index is 1.76. The molecule has 0 saturated heterocycles. The molecule has 0 aliphatic rings. The van der Waals surface area contributed by atoms with Crippen molar-refractivity contribution >= 4 is 77.6 Å². The average molecular weight is 614 g/mol. The molecule has 3 rings (SSSR count). The number of carbonyl (C=O) groups is 2. The van der Waals surface area contributed by atoms with E-state index in [1.165, 1.54) is 0 Å². The van der Waals surface area contributed by atoms with Gasteiger partial charge in [0.1, 0.15) is 0 Å². The quantitative estimate of drug-likeness (QED) is 0.256. The zero-order valence-electron chi connectivity index (χ0n) is 14.7. The zero-order chi connectivity index (χ0) is 20.3. The van der Waals surface area contributed by atoms with Gasteiger partial charge < -0.3 is 10.6 Å². The summed E-state index contributed by atoms with van der Waals surface area (Å²) in [5.41, 5.74) is 3.38. The van der Waals surface area contributed by atoms with Crippen molar-refractivity contribution in [1.82, 2.24) is 0 Å². The van der Waals surface area contributed by atoms with Crippen LogP contribution in [0.2, 0.25) is 0 Å². The van der Waals surface area contributed by atoms with Crippen molar-refractivity contribution in [1.29, 1.82) is 0 Å². The van der Waals surface area contributed by atoms with Crippen LogP contribution in [-0.4, -0.2) is 11.8 Å².